The Balaban J connectivity index is 2.18. The maximum atomic E-state index is 12.6. The third kappa shape index (κ3) is 3.24. The highest BCUT2D eigenvalue weighted by Gasteiger charge is 2.34. The van der Waals surface area contributed by atoms with Gasteiger partial charge in [-0.2, -0.15) is 5.10 Å². The van der Waals surface area contributed by atoms with E-state index in [1.54, 1.807) is 10.9 Å². The molecule has 19 heavy (non-hydrogen) atoms. The monoisotopic (exact) mass is 329 g/mol. The first-order chi connectivity index (χ1) is 9.00. The molecular weight excluding hydrogens is 310 g/mol. The number of hydrogen-bond acceptors (Lipinski definition) is 4. The molecule has 1 aliphatic rings. The first-order valence-electron chi connectivity index (χ1n) is 6.52. The van der Waals surface area contributed by atoms with E-state index in [1.807, 2.05) is 14.1 Å². The van der Waals surface area contributed by atoms with Crippen molar-refractivity contribution in [1.29, 1.82) is 0 Å². The first-order valence-corrected chi connectivity index (χ1v) is 7.32. The maximum absolute atomic E-state index is 12.6. The highest BCUT2D eigenvalue weighted by molar-refractivity contribution is 9.10. The van der Waals surface area contributed by atoms with Crippen LogP contribution in [0.15, 0.2) is 10.7 Å². The Kier molecular flexibility index (Phi) is 4.76. The lowest BCUT2D eigenvalue weighted by Crippen LogP contribution is -2.29. The standard InChI is InChI=1S/C13H20BrN3O2/c1-9-4-7-19-13(9)12(18)11-10(14)8-15-17(11)6-5-16(2)3/h8-9,13H,4-7H2,1-3H3. The average molecular weight is 330 g/mol. The summed E-state index contributed by atoms with van der Waals surface area (Å²) in [5, 5.41) is 4.27. The molecule has 2 heterocycles. The van der Waals surface area contributed by atoms with Gasteiger partial charge in [-0.3, -0.25) is 9.48 Å². The van der Waals surface area contributed by atoms with Crippen LogP contribution in [0.3, 0.4) is 0 Å². The van der Waals surface area contributed by atoms with E-state index < -0.39 is 0 Å². The van der Waals surface area contributed by atoms with Crippen LogP contribution >= 0.6 is 15.9 Å². The molecule has 6 heteroatoms. The number of carbonyl (C=O) groups excluding carboxylic acids is 1. The Morgan fingerprint density at radius 2 is 2.37 bits per heavy atom. The summed E-state index contributed by atoms with van der Waals surface area (Å²) < 4.78 is 8.08. The van der Waals surface area contributed by atoms with Gasteiger partial charge in [0.05, 0.1) is 17.2 Å². The van der Waals surface area contributed by atoms with Crippen molar-refractivity contribution in [2.45, 2.75) is 26.0 Å². The van der Waals surface area contributed by atoms with Gasteiger partial charge < -0.3 is 9.64 Å². The molecule has 2 rings (SSSR count). The lowest BCUT2D eigenvalue weighted by Gasteiger charge is -2.16. The van der Waals surface area contributed by atoms with Crippen LogP contribution in [0.1, 0.15) is 23.8 Å². The van der Waals surface area contributed by atoms with Crippen molar-refractivity contribution in [3.05, 3.63) is 16.4 Å². The normalized spacial score (nSPS) is 23.2. The number of likely N-dealkylation sites (N-methyl/N-ethyl adjacent to an activating group) is 1. The molecule has 1 aromatic rings. The van der Waals surface area contributed by atoms with Gasteiger partial charge in [0.25, 0.3) is 0 Å². The Bertz CT molecular complexity index is 459. The molecule has 1 aromatic heterocycles. The van der Waals surface area contributed by atoms with E-state index in [1.165, 1.54) is 0 Å². The fourth-order valence-electron chi connectivity index (χ4n) is 2.24. The molecule has 1 aliphatic heterocycles. The van der Waals surface area contributed by atoms with Crippen LogP contribution < -0.4 is 0 Å². The van der Waals surface area contributed by atoms with Gasteiger partial charge in [0.1, 0.15) is 11.8 Å². The summed E-state index contributed by atoms with van der Waals surface area (Å²) in [6.45, 7) is 4.27. The molecule has 5 nitrogen and oxygen atoms in total. The van der Waals surface area contributed by atoms with Crippen molar-refractivity contribution in [3.63, 3.8) is 0 Å². The summed E-state index contributed by atoms with van der Waals surface area (Å²) in [6.07, 6.45) is 2.30. The lowest BCUT2D eigenvalue weighted by molar-refractivity contribution is 0.0567. The van der Waals surface area contributed by atoms with Crippen LogP contribution in [0.2, 0.25) is 0 Å². The molecule has 1 fully saturated rings. The topological polar surface area (TPSA) is 47.4 Å². The number of nitrogens with zero attached hydrogens (tertiary/aromatic N) is 3. The van der Waals surface area contributed by atoms with E-state index in [4.69, 9.17) is 4.74 Å². The Hall–Kier alpha value is -0.720. The fraction of sp³-hybridized carbons (Fsp3) is 0.692. The van der Waals surface area contributed by atoms with Crippen molar-refractivity contribution >= 4 is 21.7 Å². The van der Waals surface area contributed by atoms with Crippen molar-refractivity contribution < 1.29 is 9.53 Å². The van der Waals surface area contributed by atoms with Gasteiger partial charge in [-0.1, -0.05) is 6.92 Å². The zero-order valence-electron chi connectivity index (χ0n) is 11.6. The van der Waals surface area contributed by atoms with Gasteiger partial charge in [0, 0.05) is 13.2 Å². The first kappa shape index (κ1) is 14.7. The second kappa shape index (κ2) is 6.15. The number of hydrogen-bond donors (Lipinski definition) is 0. The van der Waals surface area contributed by atoms with E-state index in [9.17, 15) is 4.79 Å². The number of halogens is 1. The van der Waals surface area contributed by atoms with Crippen LogP contribution in [-0.2, 0) is 11.3 Å². The number of Topliss-reactive ketones (excluding diaryl/α,β-unsaturated/α-hetero) is 1. The molecule has 0 N–H and O–H groups in total. The quantitative estimate of drug-likeness (QED) is 0.773. The van der Waals surface area contributed by atoms with Crippen LogP contribution in [0, 0.1) is 5.92 Å². The van der Waals surface area contributed by atoms with Gasteiger partial charge in [0.2, 0.25) is 5.78 Å². The van der Waals surface area contributed by atoms with Crippen molar-refractivity contribution in [2.24, 2.45) is 5.92 Å². The molecule has 0 aromatic carbocycles. The Morgan fingerprint density at radius 1 is 1.63 bits per heavy atom. The summed E-state index contributed by atoms with van der Waals surface area (Å²) in [7, 11) is 4.00. The summed E-state index contributed by atoms with van der Waals surface area (Å²) in [4.78, 5) is 14.6. The molecule has 2 unspecified atom stereocenters. The van der Waals surface area contributed by atoms with Gasteiger partial charge in [-0.15, -0.1) is 0 Å². The molecule has 0 aliphatic carbocycles. The second-order valence-corrected chi connectivity index (χ2v) is 6.14. The van der Waals surface area contributed by atoms with Gasteiger partial charge in [0.15, 0.2) is 0 Å². The maximum Gasteiger partial charge on any atom is 0.210 e. The SMILES string of the molecule is CC1CCOC1C(=O)c1c(Br)cnn1CCN(C)C. The molecule has 0 amide bonds. The molecule has 0 bridgehead atoms. The van der Waals surface area contributed by atoms with E-state index in [-0.39, 0.29) is 17.8 Å². The van der Waals surface area contributed by atoms with Crippen molar-refractivity contribution in [1.82, 2.24) is 14.7 Å². The molecular formula is C13H20BrN3O2. The third-order valence-electron chi connectivity index (χ3n) is 3.43. The molecule has 0 spiro atoms. The summed E-state index contributed by atoms with van der Waals surface area (Å²) in [6, 6.07) is 0. The van der Waals surface area contributed by atoms with Crippen LogP contribution in [0.5, 0.6) is 0 Å². The zero-order valence-corrected chi connectivity index (χ0v) is 13.2. The summed E-state index contributed by atoms with van der Waals surface area (Å²) in [5.41, 5.74) is 0.626. The fourth-order valence-corrected chi connectivity index (χ4v) is 2.73. The van der Waals surface area contributed by atoms with E-state index in [0.717, 1.165) is 17.4 Å². The van der Waals surface area contributed by atoms with Crippen LogP contribution in [0.25, 0.3) is 0 Å². The van der Waals surface area contributed by atoms with E-state index >= 15 is 0 Å². The Labute approximate surface area is 122 Å². The Morgan fingerprint density at radius 3 is 2.95 bits per heavy atom. The minimum Gasteiger partial charge on any atom is -0.370 e. The predicted octanol–water partition coefficient (Wildman–Crippen LogP) is 1.81. The van der Waals surface area contributed by atoms with Gasteiger partial charge >= 0.3 is 0 Å². The zero-order chi connectivity index (χ0) is 14.0. The summed E-state index contributed by atoms with van der Waals surface area (Å²) in [5.74, 6) is 0.310. The lowest BCUT2D eigenvalue weighted by atomic mass is 9.99. The van der Waals surface area contributed by atoms with Gasteiger partial charge in [-0.25, -0.2) is 0 Å². The largest absolute Gasteiger partial charge is 0.370 e. The van der Waals surface area contributed by atoms with Gasteiger partial charge in [-0.05, 0) is 42.4 Å². The number of carbonyl (C=O) groups is 1. The van der Waals surface area contributed by atoms with Crippen LogP contribution in [0.4, 0.5) is 0 Å². The molecule has 0 saturated carbocycles. The smallest absolute Gasteiger partial charge is 0.210 e. The highest BCUT2D eigenvalue weighted by Crippen LogP contribution is 2.26. The number of aromatic nitrogens is 2. The number of ketones is 1. The van der Waals surface area contributed by atoms with Crippen LogP contribution in [-0.4, -0.2) is 53.8 Å². The molecule has 106 valence electrons. The third-order valence-corrected chi connectivity index (χ3v) is 4.01. The van der Waals surface area contributed by atoms with Crippen molar-refractivity contribution in [3.8, 4) is 0 Å². The minimum atomic E-state index is -0.328. The second-order valence-electron chi connectivity index (χ2n) is 5.29. The summed E-state index contributed by atoms with van der Waals surface area (Å²) >= 11 is 3.42. The molecule has 1 saturated heterocycles. The predicted molar refractivity (Wildman–Crippen MR) is 76.3 cm³/mol. The van der Waals surface area contributed by atoms with E-state index in [0.29, 0.717) is 18.8 Å². The highest BCUT2D eigenvalue weighted by atomic mass is 79.9. The average Bonchev–Trinajstić information content (AvgIpc) is 2.92. The van der Waals surface area contributed by atoms with E-state index in [2.05, 4.69) is 32.9 Å². The minimum absolute atomic E-state index is 0.0353. The molecule has 2 atom stereocenters. The number of ether oxygens (including phenoxy) is 1. The molecule has 0 radical (unpaired) electrons. The number of rotatable bonds is 5. The van der Waals surface area contributed by atoms with Crippen molar-refractivity contribution in [2.75, 3.05) is 27.2 Å².